The Morgan fingerprint density at radius 2 is 1.90 bits per heavy atom. The Balaban J connectivity index is 0.00000220. The minimum Gasteiger partial charge on any atom is -0.486 e. The molecule has 6 heteroatoms. The number of nitrogens with two attached hydrogens (primary N) is 1. The second kappa shape index (κ2) is 7.00. The summed E-state index contributed by atoms with van der Waals surface area (Å²) in [7, 11) is 1.79. The fourth-order valence-corrected chi connectivity index (χ4v) is 2.18. The van der Waals surface area contributed by atoms with Gasteiger partial charge in [-0.25, -0.2) is 0 Å². The summed E-state index contributed by atoms with van der Waals surface area (Å²) in [5, 5.41) is 0. The molecule has 0 saturated heterocycles. The summed E-state index contributed by atoms with van der Waals surface area (Å²) in [5.74, 6) is 1.29. The molecular weight excluding hydrogens is 292 g/mol. The van der Waals surface area contributed by atoms with Crippen molar-refractivity contribution in [2.75, 3.05) is 33.4 Å². The topological polar surface area (TPSA) is 64.8 Å². The van der Waals surface area contributed by atoms with Gasteiger partial charge in [-0.05, 0) is 30.2 Å². The summed E-state index contributed by atoms with van der Waals surface area (Å²) in [4.78, 5) is 14.1. The van der Waals surface area contributed by atoms with Crippen LogP contribution in [0.15, 0.2) is 18.2 Å². The number of fused-ring (bicyclic) bond motifs is 1. The molecular formula is C15H23ClN2O3. The van der Waals surface area contributed by atoms with E-state index in [1.807, 2.05) is 13.8 Å². The number of halogens is 1. The van der Waals surface area contributed by atoms with E-state index in [1.165, 1.54) is 0 Å². The number of benzene rings is 1. The molecule has 2 rings (SSSR count). The van der Waals surface area contributed by atoms with Gasteiger partial charge in [0.1, 0.15) is 13.2 Å². The minimum absolute atomic E-state index is 0. The lowest BCUT2D eigenvalue weighted by Crippen LogP contribution is -2.39. The van der Waals surface area contributed by atoms with Crippen LogP contribution in [0.4, 0.5) is 0 Å². The molecule has 1 aliphatic rings. The highest BCUT2D eigenvalue weighted by Gasteiger charge is 2.23. The molecule has 5 nitrogen and oxygen atoms in total. The second-order valence-electron chi connectivity index (χ2n) is 5.89. The van der Waals surface area contributed by atoms with E-state index in [4.69, 9.17) is 15.2 Å². The zero-order valence-corrected chi connectivity index (χ0v) is 13.5. The molecule has 0 unspecified atom stereocenters. The van der Waals surface area contributed by atoms with E-state index >= 15 is 0 Å². The first-order valence-electron chi connectivity index (χ1n) is 6.78. The maximum absolute atomic E-state index is 12.4. The zero-order chi connectivity index (χ0) is 14.8. The average Bonchev–Trinajstić information content (AvgIpc) is 2.45. The smallest absolute Gasteiger partial charge is 0.253 e. The van der Waals surface area contributed by atoms with Crippen molar-refractivity contribution in [3.05, 3.63) is 23.8 Å². The van der Waals surface area contributed by atoms with Gasteiger partial charge in [-0.1, -0.05) is 13.8 Å². The molecule has 1 aromatic carbocycles. The molecule has 0 spiro atoms. The first kappa shape index (κ1) is 17.6. The van der Waals surface area contributed by atoms with E-state index < -0.39 is 0 Å². The van der Waals surface area contributed by atoms with Crippen LogP contribution in [0.1, 0.15) is 24.2 Å². The molecule has 0 bridgehead atoms. The van der Waals surface area contributed by atoms with Crippen LogP contribution in [-0.2, 0) is 0 Å². The highest BCUT2D eigenvalue weighted by atomic mass is 35.5. The first-order valence-corrected chi connectivity index (χ1v) is 6.78. The maximum Gasteiger partial charge on any atom is 0.253 e. The molecule has 1 heterocycles. The number of hydrogen-bond acceptors (Lipinski definition) is 4. The van der Waals surface area contributed by atoms with Crippen molar-refractivity contribution in [1.82, 2.24) is 4.90 Å². The number of carbonyl (C=O) groups excluding carboxylic acids is 1. The summed E-state index contributed by atoms with van der Waals surface area (Å²) in [6, 6.07) is 5.29. The largest absolute Gasteiger partial charge is 0.486 e. The van der Waals surface area contributed by atoms with Gasteiger partial charge < -0.3 is 20.1 Å². The predicted octanol–water partition coefficient (Wildman–Crippen LogP) is 1.94. The number of rotatable bonds is 4. The fraction of sp³-hybridized carbons (Fsp3) is 0.533. The van der Waals surface area contributed by atoms with Gasteiger partial charge in [0.25, 0.3) is 5.91 Å². The lowest BCUT2D eigenvalue weighted by atomic mass is 9.93. The van der Waals surface area contributed by atoms with Gasteiger partial charge in [0.15, 0.2) is 11.5 Å². The van der Waals surface area contributed by atoms with Crippen molar-refractivity contribution in [1.29, 1.82) is 0 Å². The van der Waals surface area contributed by atoms with Gasteiger partial charge in [0.05, 0.1) is 0 Å². The Bertz CT molecular complexity index is 506. The Kier molecular flexibility index (Phi) is 5.87. The molecule has 118 valence electrons. The summed E-state index contributed by atoms with van der Waals surface area (Å²) in [6.45, 7) is 6.29. The Labute approximate surface area is 131 Å². The third-order valence-corrected chi connectivity index (χ3v) is 3.35. The highest BCUT2D eigenvalue weighted by Crippen LogP contribution is 2.31. The van der Waals surface area contributed by atoms with E-state index in [2.05, 4.69) is 0 Å². The summed E-state index contributed by atoms with van der Waals surface area (Å²) in [6.07, 6.45) is 0. The van der Waals surface area contributed by atoms with Gasteiger partial charge in [0, 0.05) is 19.2 Å². The highest BCUT2D eigenvalue weighted by molar-refractivity contribution is 5.94. The van der Waals surface area contributed by atoms with Crippen molar-refractivity contribution < 1.29 is 14.3 Å². The van der Waals surface area contributed by atoms with E-state index in [0.29, 0.717) is 43.4 Å². The third kappa shape index (κ3) is 4.25. The number of ether oxygens (including phenoxy) is 2. The molecule has 21 heavy (non-hydrogen) atoms. The molecule has 1 aromatic rings. The number of hydrogen-bond donors (Lipinski definition) is 1. The normalized spacial score (nSPS) is 13.3. The van der Waals surface area contributed by atoms with Gasteiger partial charge in [-0.2, -0.15) is 0 Å². The molecule has 0 atom stereocenters. The van der Waals surface area contributed by atoms with Gasteiger partial charge >= 0.3 is 0 Å². The van der Waals surface area contributed by atoms with E-state index in [0.717, 1.165) is 0 Å². The molecule has 0 radical (unpaired) electrons. The average molecular weight is 315 g/mol. The molecule has 0 aromatic heterocycles. The van der Waals surface area contributed by atoms with Crippen molar-refractivity contribution in [2.24, 2.45) is 11.1 Å². The van der Waals surface area contributed by atoms with Crippen LogP contribution in [0.2, 0.25) is 0 Å². The lowest BCUT2D eigenvalue weighted by Gasteiger charge is -2.29. The van der Waals surface area contributed by atoms with Crippen LogP contribution < -0.4 is 15.2 Å². The van der Waals surface area contributed by atoms with Gasteiger partial charge in [0.2, 0.25) is 0 Å². The maximum atomic E-state index is 12.4. The fourth-order valence-electron chi connectivity index (χ4n) is 2.18. The number of carbonyl (C=O) groups is 1. The van der Waals surface area contributed by atoms with Crippen LogP contribution in [0.5, 0.6) is 11.5 Å². The number of nitrogens with zero attached hydrogens (tertiary/aromatic N) is 1. The van der Waals surface area contributed by atoms with Crippen LogP contribution >= 0.6 is 12.4 Å². The third-order valence-electron chi connectivity index (χ3n) is 3.35. The van der Waals surface area contributed by atoms with Gasteiger partial charge in [-0.3, -0.25) is 4.79 Å². The monoisotopic (exact) mass is 314 g/mol. The standard InChI is InChI=1S/C15H22N2O3.ClH/c1-15(2,9-16)10-17(3)14(18)11-4-5-12-13(8-11)20-7-6-19-12;/h4-5,8H,6-7,9-10,16H2,1-3H3;1H. The van der Waals surface area contributed by atoms with Crippen LogP contribution in [-0.4, -0.2) is 44.2 Å². The molecule has 1 aliphatic heterocycles. The zero-order valence-electron chi connectivity index (χ0n) is 12.7. The molecule has 0 aliphatic carbocycles. The Hall–Kier alpha value is -1.46. The van der Waals surface area contributed by atoms with Crippen molar-refractivity contribution >= 4 is 18.3 Å². The second-order valence-corrected chi connectivity index (χ2v) is 5.89. The molecule has 1 amide bonds. The van der Waals surface area contributed by atoms with Crippen molar-refractivity contribution in [3.8, 4) is 11.5 Å². The van der Waals surface area contributed by atoms with Crippen LogP contribution in [0, 0.1) is 5.41 Å². The predicted molar refractivity (Wildman–Crippen MR) is 84.5 cm³/mol. The van der Waals surface area contributed by atoms with Crippen molar-refractivity contribution in [3.63, 3.8) is 0 Å². The molecule has 0 fully saturated rings. The molecule has 0 saturated carbocycles. The summed E-state index contributed by atoms with van der Waals surface area (Å²) >= 11 is 0. The lowest BCUT2D eigenvalue weighted by molar-refractivity contribution is 0.0739. The SMILES string of the molecule is CN(CC(C)(C)CN)C(=O)c1ccc2c(c1)OCCO2.Cl. The van der Waals surface area contributed by atoms with Crippen LogP contribution in [0.25, 0.3) is 0 Å². The van der Waals surface area contributed by atoms with Crippen LogP contribution in [0.3, 0.4) is 0 Å². The Morgan fingerprint density at radius 3 is 2.52 bits per heavy atom. The van der Waals surface area contributed by atoms with Gasteiger partial charge in [-0.15, -0.1) is 12.4 Å². The minimum atomic E-state index is -0.0990. The summed E-state index contributed by atoms with van der Waals surface area (Å²) in [5.41, 5.74) is 6.21. The van der Waals surface area contributed by atoms with Crippen molar-refractivity contribution in [2.45, 2.75) is 13.8 Å². The first-order chi connectivity index (χ1) is 9.43. The molecule has 2 N–H and O–H groups in total. The Morgan fingerprint density at radius 1 is 1.29 bits per heavy atom. The quantitative estimate of drug-likeness (QED) is 0.922. The van der Waals surface area contributed by atoms with E-state index in [1.54, 1.807) is 30.1 Å². The van der Waals surface area contributed by atoms with E-state index in [9.17, 15) is 4.79 Å². The summed E-state index contributed by atoms with van der Waals surface area (Å²) < 4.78 is 11.0. The number of amides is 1. The van der Waals surface area contributed by atoms with E-state index in [-0.39, 0.29) is 23.7 Å².